The van der Waals surface area contributed by atoms with Crippen molar-refractivity contribution < 1.29 is 19.1 Å². The van der Waals surface area contributed by atoms with Crippen LogP contribution in [0.2, 0.25) is 0 Å². The first-order chi connectivity index (χ1) is 10.2. The maximum atomic E-state index is 12.2. The molecule has 1 unspecified atom stereocenters. The van der Waals surface area contributed by atoms with Crippen molar-refractivity contribution in [3.63, 3.8) is 0 Å². The van der Waals surface area contributed by atoms with Gasteiger partial charge in [-0.3, -0.25) is 4.68 Å². The van der Waals surface area contributed by atoms with Gasteiger partial charge in [-0.15, -0.1) is 0 Å². The minimum Gasteiger partial charge on any atom is -0.462 e. The van der Waals surface area contributed by atoms with Crippen molar-refractivity contribution in [1.29, 1.82) is 5.26 Å². The molecule has 0 saturated carbocycles. The van der Waals surface area contributed by atoms with E-state index in [1.807, 2.05) is 6.07 Å². The Morgan fingerprint density at radius 2 is 2.05 bits per heavy atom. The molecule has 0 aliphatic carbocycles. The topological polar surface area (TPSA) is 94.2 Å². The zero-order valence-corrected chi connectivity index (χ0v) is 13.5. The first-order valence-electron chi connectivity index (χ1n) is 7.12. The largest absolute Gasteiger partial charge is 0.462 e. The summed E-state index contributed by atoms with van der Waals surface area (Å²) in [6.45, 7) is 8.97. The number of nitrogens with zero attached hydrogens (tertiary/aromatic N) is 3. The molecule has 0 spiro atoms. The molecule has 7 nitrogen and oxygen atoms in total. The summed E-state index contributed by atoms with van der Waals surface area (Å²) < 4.78 is 11.5. The van der Waals surface area contributed by atoms with E-state index >= 15 is 0 Å². The second-order valence-electron chi connectivity index (χ2n) is 5.66. The lowest BCUT2D eigenvalue weighted by molar-refractivity contribution is -0.159. The molecule has 0 aliphatic heterocycles. The van der Waals surface area contributed by atoms with Crippen LogP contribution in [0, 0.1) is 11.3 Å². The number of carbonyl (C=O) groups is 2. The standard InChI is InChI=1S/C15H21N3O4/c1-6-12(14(20)22-15(3,4)5)18-9-10(11(8-16)17-18)13(19)21-7-2/h9,12H,6-7H2,1-5H3. The molecule has 0 aromatic carbocycles. The highest BCUT2D eigenvalue weighted by atomic mass is 16.6. The maximum Gasteiger partial charge on any atom is 0.342 e. The first kappa shape index (κ1) is 17.7. The number of carbonyl (C=O) groups excluding carboxylic acids is 2. The Bertz CT molecular complexity index is 593. The molecule has 120 valence electrons. The van der Waals surface area contributed by atoms with Crippen LogP contribution in [-0.2, 0) is 14.3 Å². The fourth-order valence-electron chi connectivity index (χ4n) is 1.82. The Kier molecular flexibility index (Phi) is 5.69. The fourth-order valence-corrected chi connectivity index (χ4v) is 1.82. The summed E-state index contributed by atoms with van der Waals surface area (Å²) in [5, 5.41) is 13.1. The zero-order valence-electron chi connectivity index (χ0n) is 13.5. The molecule has 7 heteroatoms. The van der Waals surface area contributed by atoms with E-state index in [-0.39, 0.29) is 17.9 Å². The lowest BCUT2D eigenvalue weighted by Gasteiger charge is -2.23. The summed E-state index contributed by atoms with van der Waals surface area (Å²) in [5.74, 6) is -1.10. The Balaban J connectivity index is 3.11. The van der Waals surface area contributed by atoms with Gasteiger partial charge in [0.2, 0.25) is 0 Å². The number of nitriles is 1. The predicted octanol–water partition coefficient (Wildman–Crippen LogP) is 2.22. The third-order valence-corrected chi connectivity index (χ3v) is 2.72. The minimum atomic E-state index is -0.700. The molecule has 1 rings (SSSR count). The van der Waals surface area contributed by atoms with Crippen molar-refractivity contribution >= 4 is 11.9 Å². The Labute approximate surface area is 129 Å². The Morgan fingerprint density at radius 1 is 1.41 bits per heavy atom. The van der Waals surface area contributed by atoms with E-state index in [1.165, 1.54) is 10.9 Å². The van der Waals surface area contributed by atoms with Gasteiger partial charge in [-0.1, -0.05) is 6.92 Å². The van der Waals surface area contributed by atoms with Crippen molar-refractivity contribution in [2.75, 3.05) is 6.61 Å². The SMILES string of the molecule is CCOC(=O)c1cn(C(CC)C(=O)OC(C)(C)C)nc1C#N. The third-order valence-electron chi connectivity index (χ3n) is 2.72. The zero-order chi connectivity index (χ0) is 16.9. The smallest absolute Gasteiger partial charge is 0.342 e. The van der Waals surface area contributed by atoms with Crippen molar-refractivity contribution in [3.8, 4) is 6.07 Å². The Morgan fingerprint density at radius 3 is 2.50 bits per heavy atom. The van der Waals surface area contributed by atoms with Crippen LogP contribution in [0.15, 0.2) is 6.20 Å². The molecule has 0 saturated heterocycles. The minimum absolute atomic E-state index is 0.0476. The van der Waals surface area contributed by atoms with E-state index in [1.54, 1.807) is 34.6 Å². The molecule has 0 N–H and O–H groups in total. The van der Waals surface area contributed by atoms with Crippen LogP contribution < -0.4 is 0 Å². The van der Waals surface area contributed by atoms with E-state index in [4.69, 9.17) is 14.7 Å². The third kappa shape index (κ3) is 4.32. The molecule has 1 aromatic rings. The normalized spacial score (nSPS) is 12.4. The lowest BCUT2D eigenvalue weighted by Crippen LogP contribution is -2.30. The molecule has 1 aromatic heterocycles. The van der Waals surface area contributed by atoms with E-state index in [9.17, 15) is 9.59 Å². The van der Waals surface area contributed by atoms with Crippen LogP contribution in [-0.4, -0.2) is 33.9 Å². The number of aromatic nitrogens is 2. The summed E-state index contributed by atoms with van der Waals surface area (Å²) in [5.41, 5.74) is -0.647. The highest BCUT2D eigenvalue weighted by molar-refractivity contribution is 5.91. The van der Waals surface area contributed by atoms with E-state index in [0.29, 0.717) is 6.42 Å². The van der Waals surface area contributed by atoms with E-state index in [2.05, 4.69) is 5.10 Å². The summed E-state index contributed by atoms with van der Waals surface area (Å²) in [7, 11) is 0. The van der Waals surface area contributed by atoms with Gasteiger partial charge in [-0.05, 0) is 34.1 Å². The van der Waals surface area contributed by atoms with Gasteiger partial charge in [0.1, 0.15) is 23.3 Å². The fraction of sp³-hybridized carbons (Fsp3) is 0.600. The van der Waals surface area contributed by atoms with Gasteiger partial charge >= 0.3 is 11.9 Å². The monoisotopic (exact) mass is 307 g/mol. The number of ether oxygens (including phenoxy) is 2. The number of esters is 2. The second-order valence-corrected chi connectivity index (χ2v) is 5.66. The Hall–Kier alpha value is -2.36. The average molecular weight is 307 g/mol. The molecule has 0 amide bonds. The van der Waals surface area contributed by atoms with E-state index in [0.717, 1.165) is 0 Å². The highest BCUT2D eigenvalue weighted by Crippen LogP contribution is 2.20. The van der Waals surface area contributed by atoms with Gasteiger partial charge in [-0.2, -0.15) is 10.4 Å². The molecular weight excluding hydrogens is 286 g/mol. The van der Waals surface area contributed by atoms with Gasteiger partial charge in [0.05, 0.1) is 6.61 Å². The van der Waals surface area contributed by atoms with Crippen molar-refractivity contribution in [2.24, 2.45) is 0 Å². The predicted molar refractivity (Wildman–Crippen MR) is 78.1 cm³/mol. The van der Waals surface area contributed by atoms with Crippen LogP contribution in [0.25, 0.3) is 0 Å². The molecule has 0 aliphatic rings. The molecular formula is C15H21N3O4. The van der Waals surface area contributed by atoms with Crippen LogP contribution >= 0.6 is 0 Å². The second kappa shape index (κ2) is 7.07. The van der Waals surface area contributed by atoms with Gasteiger partial charge in [0, 0.05) is 6.20 Å². The van der Waals surface area contributed by atoms with Crippen LogP contribution in [0.5, 0.6) is 0 Å². The van der Waals surface area contributed by atoms with Crippen molar-refractivity contribution in [1.82, 2.24) is 9.78 Å². The molecule has 0 fully saturated rings. The van der Waals surface area contributed by atoms with Crippen molar-refractivity contribution in [2.45, 2.75) is 52.7 Å². The molecule has 22 heavy (non-hydrogen) atoms. The van der Waals surface area contributed by atoms with Crippen molar-refractivity contribution in [3.05, 3.63) is 17.5 Å². The maximum absolute atomic E-state index is 12.2. The van der Waals surface area contributed by atoms with Gasteiger partial charge in [0.25, 0.3) is 0 Å². The van der Waals surface area contributed by atoms with Gasteiger partial charge in [-0.25, -0.2) is 9.59 Å². The first-order valence-corrected chi connectivity index (χ1v) is 7.12. The molecule has 0 bridgehead atoms. The summed E-state index contributed by atoms with van der Waals surface area (Å²) in [6, 6.07) is 1.14. The summed E-state index contributed by atoms with van der Waals surface area (Å²) in [6.07, 6.45) is 1.78. The van der Waals surface area contributed by atoms with Crippen LogP contribution in [0.3, 0.4) is 0 Å². The highest BCUT2D eigenvalue weighted by Gasteiger charge is 2.28. The van der Waals surface area contributed by atoms with Gasteiger partial charge in [0.15, 0.2) is 5.69 Å². The summed E-state index contributed by atoms with van der Waals surface area (Å²) >= 11 is 0. The van der Waals surface area contributed by atoms with Crippen LogP contribution in [0.1, 0.15) is 63.1 Å². The van der Waals surface area contributed by atoms with E-state index < -0.39 is 23.6 Å². The lowest BCUT2D eigenvalue weighted by atomic mass is 10.1. The number of hydrogen-bond donors (Lipinski definition) is 0. The van der Waals surface area contributed by atoms with Gasteiger partial charge < -0.3 is 9.47 Å². The van der Waals surface area contributed by atoms with Crippen LogP contribution in [0.4, 0.5) is 0 Å². The molecule has 1 atom stereocenters. The average Bonchev–Trinajstić information content (AvgIpc) is 2.81. The quantitative estimate of drug-likeness (QED) is 0.774. The number of hydrogen-bond acceptors (Lipinski definition) is 6. The molecule has 0 radical (unpaired) electrons. The number of rotatable bonds is 5. The molecule has 1 heterocycles. The summed E-state index contributed by atoms with van der Waals surface area (Å²) in [4.78, 5) is 24.0.